The van der Waals surface area contributed by atoms with Crippen LogP contribution < -0.4 is 0 Å². The molecule has 0 radical (unpaired) electrons. The summed E-state index contributed by atoms with van der Waals surface area (Å²) in [6.07, 6.45) is 5.52. The smallest absolute Gasteiger partial charge is 0.243 e. The van der Waals surface area contributed by atoms with Crippen LogP contribution in [0.25, 0.3) is 33.5 Å². The van der Waals surface area contributed by atoms with Gasteiger partial charge in [-0.25, -0.2) is 22.8 Å². The van der Waals surface area contributed by atoms with Crippen LogP contribution in [0.15, 0.2) is 66.0 Å². The zero-order valence-electron chi connectivity index (χ0n) is 19.0. The van der Waals surface area contributed by atoms with Gasteiger partial charge in [-0.15, -0.1) is 0 Å². The highest BCUT2D eigenvalue weighted by molar-refractivity contribution is 7.89. The highest BCUT2D eigenvalue weighted by Crippen LogP contribution is 2.35. The first kappa shape index (κ1) is 21.9. The number of H-pyrrole nitrogens is 1. The summed E-state index contributed by atoms with van der Waals surface area (Å²) in [6, 6.07) is 12.3. The first-order valence-electron chi connectivity index (χ1n) is 11.4. The molecule has 1 aliphatic rings. The summed E-state index contributed by atoms with van der Waals surface area (Å²) < 4.78 is 44.9. The van der Waals surface area contributed by atoms with Crippen LogP contribution in [0, 0.1) is 12.7 Å². The van der Waals surface area contributed by atoms with Gasteiger partial charge in [0.1, 0.15) is 11.3 Å². The zero-order valence-corrected chi connectivity index (χ0v) is 19.8. The standard InChI is InChI=1S/C25H23FN6O2S/c1-16-13-17-14-19(4-5-22(17)29-16)35(33,34)31-11-7-18(8-12-31)32-24(20-6-10-27-15-21(20)26)30-23-3-2-9-28-25(23)32/h2-6,9-10,13-15,18,29H,7-8,11-12H2,1H3. The Morgan fingerprint density at radius 3 is 2.71 bits per heavy atom. The number of fused-ring (bicyclic) bond motifs is 2. The van der Waals surface area contributed by atoms with E-state index >= 15 is 0 Å². The number of benzene rings is 1. The van der Waals surface area contributed by atoms with E-state index in [9.17, 15) is 12.8 Å². The fraction of sp³-hybridized carbons (Fsp3) is 0.240. The van der Waals surface area contributed by atoms with Crippen molar-refractivity contribution in [3.63, 3.8) is 0 Å². The third-order valence-corrected chi connectivity index (χ3v) is 8.51. The molecule has 5 aromatic rings. The molecule has 0 bridgehead atoms. The molecule has 35 heavy (non-hydrogen) atoms. The molecule has 0 atom stereocenters. The summed E-state index contributed by atoms with van der Waals surface area (Å²) in [5.74, 6) is 0.0210. The Hall–Kier alpha value is -3.63. The van der Waals surface area contributed by atoms with Crippen molar-refractivity contribution in [3.05, 3.63) is 72.6 Å². The number of hydrogen-bond acceptors (Lipinski definition) is 5. The number of imidazole rings is 1. The van der Waals surface area contributed by atoms with E-state index in [1.807, 2.05) is 23.6 Å². The van der Waals surface area contributed by atoms with Gasteiger partial charge in [-0.1, -0.05) is 0 Å². The van der Waals surface area contributed by atoms with Gasteiger partial charge in [-0.05, 0) is 62.2 Å². The number of nitrogens with zero attached hydrogens (tertiary/aromatic N) is 5. The van der Waals surface area contributed by atoms with E-state index in [1.54, 1.807) is 36.5 Å². The minimum absolute atomic E-state index is 0.0706. The van der Waals surface area contributed by atoms with Gasteiger partial charge in [0.2, 0.25) is 10.0 Å². The summed E-state index contributed by atoms with van der Waals surface area (Å²) in [7, 11) is -3.64. The Morgan fingerprint density at radius 2 is 1.91 bits per heavy atom. The van der Waals surface area contributed by atoms with Crippen molar-refractivity contribution in [2.24, 2.45) is 0 Å². The van der Waals surface area contributed by atoms with Gasteiger partial charge >= 0.3 is 0 Å². The van der Waals surface area contributed by atoms with Gasteiger partial charge in [0.25, 0.3) is 0 Å². The quantitative estimate of drug-likeness (QED) is 0.402. The van der Waals surface area contributed by atoms with E-state index in [4.69, 9.17) is 0 Å². The van der Waals surface area contributed by atoms with E-state index in [0.717, 1.165) is 16.6 Å². The number of nitrogens with one attached hydrogen (secondary N) is 1. The zero-order chi connectivity index (χ0) is 24.2. The maximum absolute atomic E-state index is 14.6. The van der Waals surface area contributed by atoms with Crippen LogP contribution in [0.1, 0.15) is 24.6 Å². The van der Waals surface area contributed by atoms with Crippen LogP contribution in [-0.2, 0) is 10.0 Å². The second-order valence-electron chi connectivity index (χ2n) is 8.84. The van der Waals surface area contributed by atoms with Gasteiger partial charge in [0.15, 0.2) is 11.5 Å². The van der Waals surface area contributed by atoms with E-state index in [1.165, 1.54) is 16.7 Å². The Morgan fingerprint density at radius 1 is 1.09 bits per heavy atom. The van der Waals surface area contributed by atoms with E-state index < -0.39 is 15.8 Å². The lowest BCUT2D eigenvalue weighted by Gasteiger charge is -2.32. The topological polar surface area (TPSA) is 96.8 Å². The summed E-state index contributed by atoms with van der Waals surface area (Å²) in [5.41, 5.74) is 3.58. The molecular weight excluding hydrogens is 467 g/mol. The third kappa shape index (κ3) is 3.69. The van der Waals surface area contributed by atoms with E-state index in [0.29, 0.717) is 48.5 Å². The fourth-order valence-corrected chi connectivity index (χ4v) is 6.43. The van der Waals surface area contributed by atoms with Crippen molar-refractivity contribution >= 4 is 32.1 Å². The largest absolute Gasteiger partial charge is 0.359 e. The Labute approximate surface area is 201 Å². The normalized spacial score (nSPS) is 15.8. The minimum Gasteiger partial charge on any atom is -0.359 e. The predicted octanol–water partition coefficient (Wildman–Crippen LogP) is 4.45. The molecule has 1 N–H and O–H groups in total. The number of hydrogen-bond donors (Lipinski definition) is 1. The Balaban J connectivity index is 1.32. The van der Waals surface area contributed by atoms with E-state index in [-0.39, 0.29) is 10.9 Å². The molecule has 0 aliphatic carbocycles. The van der Waals surface area contributed by atoms with Gasteiger partial charge in [-0.2, -0.15) is 4.31 Å². The number of aryl methyl sites for hydroxylation is 1. The van der Waals surface area contributed by atoms with Crippen LogP contribution >= 0.6 is 0 Å². The molecule has 1 fully saturated rings. The molecular formula is C25H23FN6O2S. The first-order valence-corrected chi connectivity index (χ1v) is 12.9. The van der Waals surface area contributed by atoms with Crippen molar-refractivity contribution in [2.75, 3.05) is 13.1 Å². The number of sulfonamides is 1. The SMILES string of the molecule is Cc1cc2cc(S(=O)(=O)N3CCC(n4c(-c5ccncc5F)nc5cccnc54)CC3)ccc2[nH]1. The van der Waals surface area contributed by atoms with Gasteiger partial charge in [0.05, 0.1) is 16.7 Å². The van der Waals surface area contributed by atoms with Crippen LogP contribution in [0.4, 0.5) is 4.39 Å². The number of aromatic nitrogens is 5. The molecule has 1 aromatic carbocycles. The van der Waals surface area contributed by atoms with Crippen LogP contribution in [0.3, 0.4) is 0 Å². The molecule has 1 aliphatic heterocycles. The van der Waals surface area contributed by atoms with Gasteiger partial charge < -0.3 is 9.55 Å². The molecule has 4 aromatic heterocycles. The van der Waals surface area contributed by atoms with Gasteiger partial charge in [0, 0.05) is 48.1 Å². The minimum atomic E-state index is -3.64. The van der Waals surface area contributed by atoms with Crippen LogP contribution in [0.2, 0.25) is 0 Å². The average molecular weight is 491 g/mol. The maximum atomic E-state index is 14.6. The van der Waals surface area contributed by atoms with Crippen molar-refractivity contribution in [2.45, 2.75) is 30.7 Å². The monoisotopic (exact) mass is 490 g/mol. The van der Waals surface area contributed by atoms with Crippen molar-refractivity contribution < 1.29 is 12.8 Å². The fourth-order valence-electron chi connectivity index (χ4n) is 4.93. The van der Waals surface area contributed by atoms with Crippen molar-refractivity contribution in [1.82, 2.24) is 28.8 Å². The second-order valence-corrected chi connectivity index (χ2v) is 10.8. The summed E-state index contributed by atoms with van der Waals surface area (Å²) >= 11 is 0. The van der Waals surface area contributed by atoms with Crippen LogP contribution in [0.5, 0.6) is 0 Å². The molecule has 5 heterocycles. The average Bonchev–Trinajstić information content (AvgIpc) is 3.43. The van der Waals surface area contributed by atoms with Crippen molar-refractivity contribution in [3.8, 4) is 11.4 Å². The molecule has 8 nitrogen and oxygen atoms in total. The highest BCUT2D eigenvalue weighted by Gasteiger charge is 2.32. The Kier molecular flexibility index (Phi) is 5.15. The lowest BCUT2D eigenvalue weighted by molar-refractivity contribution is 0.278. The van der Waals surface area contributed by atoms with Crippen molar-refractivity contribution in [1.29, 1.82) is 0 Å². The highest BCUT2D eigenvalue weighted by atomic mass is 32.2. The molecule has 10 heteroatoms. The maximum Gasteiger partial charge on any atom is 0.243 e. The molecule has 1 saturated heterocycles. The first-order chi connectivity index (χ1) is 16.9. The predicted molar refractivity (Wildman–Crippen MR) is 131 cm³/mol. The lowest BCUT2D eigenvalue weighted by atomic mass is 10.1. The van der Waals surface area contributed by atoms with Crippen LogP contribution in [-0.4, -0.2) is 50.3 Å². The van der Waals surface area contributed by atoms with E-state index in [2.05, 4.69) is 19.9 Å². The second kappa shape index (κ2) is 8.24. The summed E-state index contributed by atoms with van der Waals surface area (Å²) in [6.45, 7) is 2.64. The number of halogens is 1. The molecule has 0 unspecified atom stereocenters. The molecule has 0 saturated carbocycles. The molecule has 0 amide bonds. The lowest BCUT2D eigenvalue weighted by Crippen LogP contribution is -2.39. The molecule has 6 rings (SSSR count). The number of pyridine rings is 2. The third-order valence-electron chi connectivity index (χ3n) is 6.62. The Bertz CT molecular complexity index is 1670. The molecule has 0 spiro atoms. The summed E-state index contributed by atoms with van der Waals surface area (Å²) in [4.78, 5) is 16.5. The summed E-state index contributed by atoms with van der Waals surface area (Å²) in [5, 5.41) is 0.874. The number of piperidine rings is 1. The molecule has 178 valence electrons. The number of aromatic amines is 1. The number of rotatable bonds is 4. The van der Waals surface area contributed by atoms with Gasteiger partial charge in [-0.3, -0.25) is 4.98 Å².